The van der Waals surface area contributed by atoms with Crippen LogP contribution >= 0.6 is 0 Å². The smallest absolute Gasteiger partial charge is 0.193 e. The normalized spacial score (nSPS) is 10.8. The maximum absolute atomic E-state index is 12.4. The highest BCUT2D eigenvalue weighted by molar-refractivity contribution is 6.08. The Balaban J connectivity index is 2.17. The molecule has 0 aliphatic rings. The highest BCUT2D eigenvalue weighted by Gasteiger charge is 2.09. The first kappa shape index (κ1) is 14.5. The fourth-order valence-corrected chi connectivity index (χ4v) is 2.30. The second-order valence-corrected chi connectivity index (χ2v) is 5.55. The molecule has 0 aromatic heterocycles. The van der Waals surface area contributed by atoms with E-state index in [0.717, 1.165) is 24.0 Å². The molecule has 0 amide bonds. The molecule has 2 rings (SSSR count). The van der Waals surface area contributed by atoms with Gasteiger partial charge in [0, 0.05) is 11.1 Å². The van der Waals surface area contributed by atoms with Crippen molar-refractivity contribution in [1.29, 1.82) is 0 Å². The number of carbonyl (C=O) groups excluding carboxylic acids is 1. The van der Waals surface area contributed by atoms with Gasteiger partial charge in [-0.1, -0.05) is 75.7 Å². The van der Waals surface area contributed by atoms with Gasteiger partial charge in [0.1, 0.15) is 0 Å². The second kappa shape index (κ2) is 6.51. The van der Waals surface area contributed by atoms with Gasteiger partial charge in [0.15, 0.2) is 5.78 Å². The van der Waals surface area contributed by atoms with Crippen molar-refractivity contribution in [1.82, 2.24) is 0 Å². The molecule has 0 N–H and O–H groups in total. The molecule has 104 valence electrons. The van der Waals surface area contributed by atoms with Crippen molar-refractivity contribution in [3.05, 3.63) is 70.8 Å². The van der Waals surface area contributed by atoms with Crippen LogP contribution in [0.4, 0.5) is 0 Å². The summed E-state index contributed by atoms with van der Waals surface area (Å²) >= 11 is 0. The molecule has 0 spiro atoms. The second-order valence-electron chi connectivity index (χ2n) is 5.55. The minimum Gasteiger partial charge on any atom is -0.289 e. The molecule has 0 unspecified atom stereocenters. The highest BCUT2D eigenvalue weighted by Crippen LogP contribution is 2.17. The van der Waals surface area contributed by atoms with Crippen molar-refractivity contribution in [2.75, 3.05) is 0 Å². The Kier molecular flexibility index (Phi) is 4.73. The average Bonchev–Trinajstić information content (AvgIpc) is 2.48. The number of hydrogen-bond acceptors (Lipinski definition) is 1. The van der Waals surface area contributed by atoms with Gasteiger partial charge >= 0.3 is 0 Å². The largest absolute Gasteiger partial charge is 0.289 e. The lowest BCUT2D eigenvalue weighted by Crippen LogP contribution is -2.02. The zero-order valence-corrected chi connectivity index (χ0v) is 12.5. The van der Waals surface area contributed by atoms with Crippen molar-refractivity contribution < 1.29 is 4.79 Å². The topological polar surface area (TPSA) is 17.1 Å². The molecule has 20 heavy (non-hydrogen) atoms. The molecular weight excluding hydrogens is 244 g/mol. The Bertz CT molecular complexity index is 562. The van der Waals surface area contributed by atoms with Crippen LogP contribution in [0.15, 0.2) is 48.5 Å². The monoisotopic (exact) mass is 266 g/mol. The van der Waals surface area contributed by atoms with E-state index in [9.17, 15) is 4.79 Å². The molecule has 0 radical (unpaired) electrons. The number of benzene rings is 2. The predicted molar refractivity (Wildman–Crippen MR) is 84.4 cm³/mol. The summed E-state index contributed by atoms with van der Waals surface area (Å²) in [5.74, 6) is 0.593. The van der Waals surface area contributed by atoms with Crippen molar-refractivity contribution in [2.24, 2.45) is 0 Å². The molecule has 2 aromatic rings. The minimum atomic E-state index is 0.100. The number of aryl methyl sites for hydroxylation is 1. The fourth-order valence-electron chi connectivity index (χ4n) is 2.30. The van der Waals surface area contributed by atoms with Crippen LogP contribution in [0.5, 0.6) is 0 Å². The Morgan fingerprint density at radius 1 is 0.900 bits per heavy atom. The third kappa shape index (κ3) is 3.36. The third-order valence-corrected chi connectivity index (χ3v) is 3.59. The number of carbonyl (C=O) groups is 1. The molecule has 0 aliphatic carbocycles. The minimum absolute atomic E-state index is 0.100. The zero-order valence-electron chi connectivity index (χ0n) is 12.5. The van der Waals surface area contributed by atoms with E-state index in [0.29, 0.717) is 5.92 Å². The van der Waals surface area contributed by atoms with Gasteiger partial charge < -0.3 is 0 Å². The maximum Gasteiger partial charge on any atom is 0.193 e. The Labute approximate surface area is 121 Å². The summed E-state index contributed by atoms with van der Waals surface area (Å²) in [4.78, 5) is 12.4. The first-order valence-corrected chi connectivity index (χ1v) is 7.35. The van der Waals surface area contributed by atoms with E-state index in [-0.39, 0.29) is 5.78 Å². The van der Waals surface area contributed by atoms with Gasteiger partial charge in [-0.25, -0.2) is 0 Å². The number of rotatable bonds is 5. The van der Waals surface area contributed by atoms with Crippen LogP contribution in [0.25, 0.3) is 0 Å². The van der Waals surface area contributed by atoms with Crippen LogP contribution in [0.2, 0.25) is 0 Å². The zero-order chi connectivity index (χ0) is 14.5. The van der Waals surface area contributed by atoms with Crippen LogP contribution in [0.3, 0.4) is 0 Å². The molecule has 0 fully saturated rings. The third-order valence-electron chi connectivity index (χ3n) is 3.59. The van der Waals surface area contributed by atoms with Crippen molar-refractivity contribution in [3.8, 4) is 0 Å². The van der Waals surface area contributed by atoms with Gasteiger partial charge in [0.2, 0.25) is 0 Å². The molecule has 0 heterocycles. The van der Waals surface area contributed by atoms with E-state index in [1.807, 2.05) is 36.4 Å². The molecule has 0 saturated heterocycles. The summed E-state index contributed by atoms with van der Waals surface area (Å²) in [6.07, 6.45) is 2.20. The van der Waals surface area contributed by atoms with E-state index in [1.165, 1.54) is 11.1 Å². The molecule has 0 aliphatic heterocycles. The summed E-state index contributed by atoms with van der Waals surface area (Å²) in [6, 6.07) is 15.9. The van der Waals surface area contributed by atoms with Gasteiger partial charge in [0.05, 0.1) is 0 Å². The highest BCUT2D eigenvalue weighted by atomic mass is 16.1. The van der Waals surface area contributed by atoms with Crippen molar-refractivity contribution >= 4 is 5.78 Å². The van der Waals surface area contributed by atoms with Gasteiger partial charge in [0.25, 0.3) is 0 Å². The first-order valence-electron chi connectivity index (χ1n) is 7.35. The Morgan fingerprint density at radius 3 is 1.85 bits per heavy atom. The van der Waals surface area contributed by atoms with Crippen LogP contribution in [-0.2, 0) is 6.42 Å². The van der Waals surface area contributed by atoms with Crippen LogP contribution in [0.1, 0.15) is 60.2 Å². The summed E-state index contributed by atoms with van der Waals surface area (Å²) in [5.41, 5.74) is 4.08. The van der Waals surface area contributed by atoms with Gasteiger partial charge in [-0.3, -0.25) is 4.79 Å². The summed E-state index contributed by atoms with van der Waals surface area (Å²) in [5, 5.41) is 0. The quantitative estimate of drug-likeness (QED) is 0.696. The summed E-state index contributed by atoms with van der Waals surface area (Å²) < 4.78 is 0. The van der Waals surface area contributed by atoms with Crippen LogP contribution in [0, 0.1) is 0 Å². The lowest BCUT2D eigenvalue weighted by molar-refractivity contribution is 0.103. The Hall–Kier alpha value is -1.89. The van der Waals surface area contributed by atoms with E-state index < -0.39 is 0 Å². The van der Waals surface area contributed by atoms with Crippen LogP contribution in [-0.4, -0.2) is 5.78 Å². The molecule has 0 atom stereocenters. The summed E-state index contributed by atoms with van der Waals surface area (Å²) in [7, 11) is 0. The number of ketones is 1. The predicted octanol–water partition coefficient (Wildman–Crippen LogP) is 4.99. The van der Waals surface area contributed by atoms with Crippen molar-refractivity contribution in [3.63, 3.8) is 0 Å². The van der Waals surface area contributed by atoms with E-state index in [2.05, 4.69) is 32.9 Å². The average molecular weight is 266 g/mol. The molecule has 1 heteroatoms. The lowest BCUT2D eigenvalue weighted by atomic mass is 9.97. The SMILES string of the molecule is CCCc1ccc(C(=O)c2ccc(C(C)C)cc2)cc1. The standard InChI is InChI=1S/C19H22O/c1-4-5-15-6-8-17(9-7-15)19(20)18-12-10-16(11-13-18)14(2)3/h6-14H,4-5H2,1-3H3. The maximum atomic E-state index is 12.4. The van der Waals surface area contributed by atoms with Crippen LogP contribution < -0.4 is 0 Å². The molecular formula is C19H22O. The molecule has 2 aromatic carbocycles. The van der Waals surface area contributed by atoms with Gasteiger partial charge in [-0.05, 0) is 23.5 Å². The van der Waals surface area contributed by atoms with E-state index in [4.69, 9.17) is 0 Å². The fraction of sp³-hybridized carbons (Fsp3) is 0.316. The van der Waals surface area contributed by atoms with E-state index >= 15 is 0 Å². The molecule has 0 saturated carbocycles. The van der Waals surface area contributed by atoms with E-state index in [1.54, 1.807) is 0 Å². The van der Waals surface area contributed by atoms with Crippen molar-refractivity contribution in [2.45, 2.75) is 39.5 Å². The lowest BCUT2D eigenvalue weighted by Gasteiger charge is -2.07. The summed E-state index contributed by atoms with van der Waals surface area (Å²) in [6.45, 7) is 6.47. The van der Waals surface area contributed by atoms with Gasteiger partial charge in [-0.2, -0.15) is 0 Å². The Morgan fingerprint density at radius 2 is 1.40 bits per heavy atom. The number of hydrogen-bond donors (Lipinski definition) is 0. The van der Waals surface area contributed by atoms with Gasteiger partial charge in [-0.15, -0.1) is 0 Å². The molecule has 0 bridgehead atoms. The first-order chi connectivity index (χ1) is 9.61. The molecule has 1 nitrogen and oxygen atoms in total.